The molecule has 1 rings (SSSR count). The third-order valence-corrected chi connectivity index (χ3v) is 1.34. The summed E-state index contributed by atoms with van der Waals surface area (Å²) in [7, 11) is 0. The maximum Gasteiger partial charge on any atom is 0.150 e. The van der Waals surface area contributed by atoms with Gasteiger partial charge in [0.2, 0.25) is 0 Å². The second-order valence-electron chi connectivity index (χ2n) is 2.05. The number of aromatic nitrogens is 1. The van der Waals surface area contributed by atoms with Crippen molar-refractivity contribution in [3.05, 3.63) is 29.6 Å². The van der Waals surface area contributed by atoms with E-state index in [1.165, 1.54) is 0 Å². The monoisotopic (exact) mass is 135 g/mol. The van der Waals surface area contributed by atoms with Gasteiger partial charge < -0.3 is 0 Å². The van der Waals surface area contributed by atoms with Crippen LogP contribution in [0.25, 0.3) is 0 Å². The Morgan fingerprint density at radius 3 is 3.10 bits per heavy atom. The summed E-state index contributed by atoms with van der Waals surface area (Å²) in [6.45, 7) is 2.01. The molecule has 0 aromatic carbocycles. The Bertz CT molecular complexity index is 232. The van der Waals surface area contributed by atoms with Crippen molar-refractivity contribution in [3.8, 4) is 0 Å². The molecule has 0 unspecified atom stereocenters. The quantitative estimate of drug-likeness (QED) is 0.574. The highest BCUT2D eigenvalue weighted by Gasteiger charge is 1.91. The molecule has 1 heterocycles. The number of pyridine rings is 1. The van der Waals surface area contributed by atoms with Gasteiger partial charge in [0, 0.05) is 17.5 Å². The zero-order valence-electron chi connectivity index (χ0n) is 5.87. The minimum absolute atomic E-state index is 0.701. The summed E-state index contributed by atoms with van der Waals surface area (Å²) in [5.74, 6) is 0. The van der Waals surface area contributed by atoms with Crippen LogP contribution in [0.1, 0.15) is 23.0 Å². The van der Waals surface area contributed by atoms with Crippen molar-refractivity contribution in [2.75, 3.05) is 0 Å². The molecule has 0 amide bonds. The van der Waals surface area contributed by atoms with Crippen LogP contribution in [0.4, 0.5) is 0 Å². The summed E-state index contributed by atoms with van der Waals surface area (Å²) < 4.78 is 0. The number of aryl methyl sites for hydroxylation is 1. The van der Waals surface area contributed by atoms with Crippen LogP contribution in [0.15, 0.2) is 18.3 Å². The van der Waals surface area contributed by atoms with Crippen molar-refractivity contribution < 1.29 is 4.79 Å². The molecular formula is C8H9NO. The Labute approximate surface area is 59.9 Å². The summed E-state index contributed by atoms with van der Waals surface area (Å²) in [6.07, 6.45) is 3.37. The molecule has 2 nitrogen and oxygen atoms in total. The number of carbonyl (C=O) groups excluding carboxylic acids is 1. The van der Waals surface area contributed by atoms with Gasteiger partial charge in [0.1, 0.15) is 6.29 Å². The molecule has 0 aliphatic rings. The minimum Gasteiger partial charge on any atom is -0.298 e. The van der Waals surface area contributed by atoms with Crippen LogP contribution in [0.2, 0.25) is 0 Å². The lowest BCUT2D eigenvalue weighted by Crippen LogP contribution is -1.88. The maximum atomic E-state index is 10.2. The van der Waals surface area contributed by atoms with Gasteiger partial charge in [-0.15, -0.1) is 0 Å². The van der Waals surface area contributed by atoms with E-state index in [-0.39, 0.29) is 0 Å². The molecule has 1 aromatic heterocycles. The molecule has 0 bridgehead atoms. The Morgan fingerprint density at radius 1 is 1.70 bits per heavy atom. The number of hydrogen-bond donors (Lipinski definition) is 0. The van der Waals surface area contributed by atoms with Crippen LogP contribution in [-0.4, -0.2) is 11.3 Å². The van der Waals surface area contributed by atoms with E-state index < -0.39 is 0 Å². The molecular weight excluding hydrogens is 126 g/mol. The number of carbonyl (C=O) groups is 1. The Hall–Kier alpha value is -1.18. The van der Waals surface area contributed by atoms with Crippen LogP contribution >= 0.6 is 0 Å². The van der Waals surface area contributed by atoms with Crippen molar-refractivity contribution in [3.63, 3.8) is 0 Å². The van der Waals surface area contributed by atoms with Crippen molar-refractivity contribution >= 4 is 6.29 Å². The SMILES string of the molecule is CCc1cc(C=O)ccn1. The van der Waals surface area contributed by atoms with Gasteiger partial charge in [-0.3, -0.25) is 9.78 Å². The first-order valence-corrected chi connectivity index (χ1v) is 3.27. The third kappa shape index (κ3) is 1.41. The predicted molar refractivity (Wildman–Crippen MR) is 39.0 cm³/mol. The summed E-state index contributed by atoms with van der Waals surface area (Å²) >= 11 is 0. The van der Waals surface area contributed by atoms with E-state index in [2.05, 4.69) is 4.98 Å². The fourth-order valence-electron chi connectivity index (χ4n) is 0.763. The average Bonchev–Trinajstić information content (AvgIpc) is 2.05. The molecule has 1 aromatic rings. The first kappa shape index (κ1) is 6.93. The number of rotatable bonds is 2. The first-order chi connectivity index (χ1) is 4.86. The van der Waals surface area contributed by atoms with Gasteiger partial charge >= 0.3 is 0 Å². The number of aldehydes is 1. The van der Waals surface area contributed by atoms with Crippen LogP contribution in [-0.2, 0) is 6.42 Å². The van der Waals surface area contributed by atoms with Gasteiger partial charge in [0.25, 0.3) is 0 Å². The van der Waals surface area contributed by atoms with Crippen molar-refractivity contribution in [1.82, 2.24) is 4.98 Å². The van der Waals surface area contributed by atoms with Gasteiger partial charge in [-0.05, 0) is 18.6 Å². The van der Waals surface area contributed by atoms with Crippen molar-refractivity contribution in [2.45, 2.75) is 13.3 Å². The maximum absolute atomic E-state index is 10.2. The topological polar surface area (TPSA) is 30.0 Å². The van der Waals surface area contributed by atoms with Crippen LogP contribution in [0, 0.1) is 0 Å². The van der Waals surface area contributed by atoms with E-state index in [4.69, 9.17) is 0 Å². The molecule has 0 atom stereocenters. The van der Waals surface area contributed by atoms with Gasteiger partial charge in [0.15, 0.2) is 0 Å². The zero-order chi connectivity index (χ0) is 7.40. The molecule has 0 radical (unpaired) electrons. The lowest BCUT2D eigenvalue weighted by Gasteiger charge is -1.93. The Morgan fingerprint density at radius 2 is 2.50 bits per heavy atom. The zero-order valence-corrected chi connectivity index (χ0v) is 5.87. The standard InChI is InChI=1S/C8H9NO/c1-2-8-5-7(6-10)3-4-9-8/h3-6H,2H2,1H3. The van der Waals surface area contributed by atoms with E-state index in [1.54, 1.807) is 18.3 Å². The summed E-state index contributed by atoms with van der Waals surface area (Å²) in [4.78, 5) is 14.3. The fraction of sp³-hybridized carbons (Fsp3) is 0.250. The lowest BCUT2D eigenvalue weighted by atomic mass is 10.2. The molecule has 2 heteroatoms. The molecule has 52 valence electrons. The molecule has 0 N–H and O–H groups in total. The minimum atomic E-state index is 0.701. The predicted octanol–water partition coefficient (Wildman–Crippen LogP) is 1.46. The van der Waals surface area contributed by atoms with E-state index >= 15 is 0 Å². The fourth-order valence-corrected chi connectivity index (χ4v) is 0.763. The van der Waals surface area contributed by atoms with E-state index in [9.17, 15) is 4.79 Å². The normalized spacial score (nSPS) is 9.30. The van der Waals surface area contributed by atoms with Crippen molar-refractivity contribution in [2.24, 2.45) is 0 Å². The first-order valence-electron chi connectivity index (χ1n) is 3.27. The lowest BCUT2D eigenvalue weighted by molar-refractivity contribution is 0.112. The average molecular weight is 135 g/mol. The van der Waals surface area contributed by atoms with Gasteiger partial charge in [-0.25, -0.2) is 0 Å². The highest BCUT2D eigenvalue weighted by Crippen LogP contribution is 1.98. The molecule has 0 saturated carbocycles. The third-order valence-electron chi connectivity index (χ3n) is 1.34. The highest BCUT2D eigenvalue weighted by atomic mass is 16.1. The van der Waals surface area contributed by atoms with E-state index in [0.29, 0.717) is 5.56 Å². The van der Waals surface area contributed by atoms with Crippen LogP contribution < -0.4 is 0 Å². The number of hydrogen-bond acceptors (Lipinski definition) is 2. The van der Waals surface area contributed by atoms with Gasteiger partial charge in [0.05, 0.1) is 0 Å². The van der Waals surface area contributed by atoms with E-state index in [1.807, 2.05) is 6.92 Å². The van der Waals surface area contributed by atoms with Gasteiger partial charge in [-0.2, -0.15) is 0 Å². The van der Waals surface area contributed by atoms with E-state index in [0.717, 1.165) is 18.4 Å². The molecule has 0 aliphatic heterocycles. The molecule has 10 heavy (non-hydrogen) atoms. The van der Waals surface area contributed by atoms with Gasteiger partial charge in [-0.1, -0.05) is 6.92 Å². The molecule has 0 saturated heterocycles. The summed E-state index contributed by atoms with van der Waals surface area (Å²) in [5, 5.41) is 0. The number of nitrogens with zero attached hydrogens (tertiary/aromatic N) is 1. The Kier molecular flexibility index (Phi) is 2.15. The van der Waals surface area contributed by atoms with Crippen LogP contribution in [0.5, 0.6) is 0 Å². The second-order valence-corrected chi connectivity index (χ2v) is 2.05. The smallest absolute Gasteiger partial charge is 0.150 e. The Balaban J connectivity index is 2.98. The largest absolute Gasteiger partial charge is 0.298 e. The summed E-state index contributed by atoms with van der Waals surface area (Å²) in [6, 6.07) is 3.50. The highest BCUT2D eigenvalue weighted by molar-refractivity contribution is 5.74. The second kappa shape index (κ2) is 3.11. The molecule has 0 spiro atoms. The summed E-state index contributed by atoms with van der Waals surface area (Å²) in [5.41, 5.74) is 1.66. The molecule has 0 fully saturated rings. The van der Waals surface area contributed by atoms with Crippen LogP contribution in [0.3, 0.4) is 0 Å². The molecule has 0 aliphatic carbocycles. The van der Waals surface area contributed by atoms with Crippen molar-refractivity contribution in [1.29, 1.82) is 0 Å².